The molecule has 2 heteroatoms. The van der Waals surface area contributed by atoms with E-state index < -0.39 is 0 Å². The summed E-state index contributed by atoms with van der Waals surface area (Å²) < 4.78 is 0. The van der Waals surface area contributed by atoms with Gasteiger partial charge in [-0.15, -0.1) is 0 Å². The van der Waals surface area contributed by atoms with Crippen LogP contribution in [0.4, 0.5) is 0 Å². The maximum Gasteiger partial charge on any atom is 0.251 e. The first kappa shape index (κ1) is 9.78. The van der Waals surface area contributed by atoms with Gasteiger partial charge in [0.1, 0.15) is 0 Å². The van der Waals surface area contributed by atoms with Crippen LogP contribution in [0, 0.1) is 13.8 Å². The Labute approximate surface area is 79.0 Å². The lowest BCUT2D eigenvalue weighted by Crippen LogP contribution is -2.22. The molecule has 0 unspecified atom stereocenters. The number of carbonyl (C=O) groups is 1. The lowest BCUT2D eigenvalue weighted by atomic mass is 10.1. The summed E-state index contributed by atoms with van der Waals surface area (Å²) in [6.45, 7) is 6.58. The first-order valence-electron chi connectivity index (χ1n) is 4.50. The van der Waals surface area contributed by atoms with Gasteiger partial charge in [0.25, 0.3) is 5.91 Å². The van der Waals surface area contributed by atoms with Crippen LogP contribution >= 0.6 is 0 Å². The second kappa shape index (κ2) is 4.08. The quantitative estimate of drug-likeness (QED) is 0.736. The van der Waals surface area contributed by atoms with E-state index in [1.807, 2.05) is 32.9 Å². The Morgan fingerprint density at radius 1 is 1.23 bits per heavy atom. The Hall–Kier alpha value is -1.31. The molecule has 0 saturated carbocycles. The van der Waals surface area contributed by atoms with Crippen LogP contribution in [0.3, 0.4) is 0 Å². The largest absolute Gasteiger partial charge is 0.352 e. The van der Waals surface area contributed by atoms with Gasteiger partial charge in [0.2, 0.25) is 0 Å². The Balaban J connectivity index is 2.94. The molecule has 0 spiro atoms. The van der Waals surface area contributed by atoms with Crippen molar-refractivity contribution in [3.8, 4) is 0 Å². The molecule has 0 radical (unpaired) electrons. The third-order valence-corrected chi connectivity index (χ3v) is 1.82. The predicted molar refractivity (Wildman–Crippen MR) is 53.9 cm³/mol. The molecule has 1 aromatic rings. The van der Waals surface area contributed by atoms with E-state index in [2.05, 4.69) is 11.4 Å². The molecule has 70 valence electrons. The Kier molecular flexibility index (Phi) is 3.07. The zero-order valence-electron chi connectivity index (χ0n) is 8.35. The lowest BCUT2D eigenvalue weighted by Gasteiger charge is -2.04. The molecule has 1 rings (SSSR count). The van der Waals surface area contributed by atoms with Crippen LogP contribution in [-0.2, 0) is 0 Å². The molecule has 1 aromatic carbocycles. The van der Waals surface area contributed by atoms with Gasteiger partial charge in [-0.25, -0.2) is 0 Å². The van der Waals surface area contributed by atoms with Gasteiger partial charge in [-0.05, 0) is 32.9 Å². The highest BCUT2D eigenvalue weighted by molar-refractivity contribution is 5.94. The smallest absolute Gasteiger partial charge is 0.251 e. The summed E-state index contributed by atoms with van der Waals surface area (Å²) in [5.41, 5.74) is 3.00. The summed E-state index contributed by atoms with van der Waals surface area (Å²) in [6.07, 6.45) is 0. The van der Waals surface area contributed by atoms with E-state index in [-0.39, 0.29) is 5.91 Å². The van der Waals surface area contributed by atoms with Crippen molar-refractivity contribution in [2.24, 2.45) is 0 Å². The van der Waals surface area contributed by atoms with Crippen LogP contribution in [0.1, 0.15) is 28.4 Å². The third kappa shape index (κ3) is 2.58. The minimum absolute atomic E-state index is 0.00861. The van der Waals surface area contributed by atoms with Gasteiger partial charge in [-0.1, -0.05) is 17.2 Å². The van der Waals surface area contributed by atoms with Gasteiger partial charge in [-0.3, -0.25) is 4.79 Å². The minimum atomic E-state index is 0.00861. The van der Waals surface area contributed by atoms with Crippen molar-refractivity contribution in [1.82, 2.24) is 5.32 Å². The van der Waals surface area contributed by atoms with Crippen molar-refractivity contribution in [2.75, 3.05) is 6.54 Å². The standard InChI is InChI=1S/C11H15NO/c1-4-12-11(13)10-6-8(2)5-9(3)7-10/h5-7H,4H2,1-3H3,(H,12,13). The van der Waals surface area contributed by atoms with E-state index in [1.54, 1.807) is 0 Å². The van der Waals surface area contributed by atoms with E-state index >= 15 is 0 Å². The molecule has 0 heterocycles. The summed E-state index contributed by atoms with van der Waals surface area (Å²) in [7, 11) is 0. The van der Waals surface area contributed by atoms with Gasteiger partial charge < -0.3 is 5.32 Å². The summed E-state index contributed by atoms with van der Waals surface area (Å²) in [5.74, 6) is 0.00861. The van der Waals surface area contributed by atoms with Crippen LogP contribution in [0.25, 0.3) is 0 Å². The highest BCUT2D eigenvalue weighted by Crippen LogP contribution is 2.08. The van der Waals surface area contributed by atoms with Crippen molar-refractivity contribution < 1.29 is 4.79 Å². The fourth-order valence-electron chi connectivity index (χ4n) is 1.37. The average Bonchev–Trinajstić information content (AvgIpc) is 2.03. The average molecular weight is 177 g/mol. The molecule has 1 N–H and O–H groups in total. The zero-order chi connectivity index (χ0) is 9.84. The van der Waals surface area contributed by atoms with Crippen LogP contribution in [0.5, 0.6) is 0 Å². The van der Waals surface area contributed by atoms with Gasteiger partial charge >= 0.3 is 0 Å². The van der Waals surface area contributed by atoms with E-state index in [4.69, 9.17) is 0 Å². The Morgan fingerprint density at radius 2 is 1.77 bits per heavy atom. The van der Waals surface area contributed by atoms with E-state index in [0.717, 1.165) is 16.7 Å². The second-order valence-electron chi connectivity index (χ2n) is 3.24. The first-order chi connectivity index (χ1) is 6.13. The number of benzene rings is 1. The molecule has 13 heavy (non-hydrogen) atoms. The molecule has 0 aromatic heterocycles. The Bertz CT molecular complexity index is 298. The summed E-state index contributed by atoms with van der Waals surface area (Å²) in [4.78, 5) is 11.4. The number of carbonyl (C=O) groups excluding carboxylic acids is 1. The highest BCUT2D eigenvalue weighted by atomic mass is 16.1. The van der Waals surface area contributed by atoms with Gasteiger partial charge in [0.05, 0.1) is 0 Å². The molecular weight excluding hydrogens is 162 g/mol. The van der Waals surface area contributed by atoms with Crippen LogP contribution in [0.2, 0.25) is 0 Å². The van der Waals surface area contributed by atoms with Crippen LogP contribution < -0.4 is 5.32 Å². The van der Waals surface area contributed by atoms with Crippen molar-refractivity contribution in [3.63, 3.8) is 0 Å². The van der Waals surface area contributed by atoms with Crippen molar-refractivity contribution in [2.45, 2.75) is 20.8 Å². The Morgan fingerprint density at radius 3 is 2.23 bits per heavy atom. The second-order valence-corrected chi connectivity index (χ2v) is 3.24. The summed E-state index contributed by atoms with van der Waals surface area (Å²) >= 11 is 0. The third-order valence-electron chi connectivity index (χ3n) is 1.82. The number of rotatable bonds is 2. The van der Waals surface area contributed by atoms with Crippen molar-refractivity contribution in [1.29, 1.82) is 0 Å². The zero-order valence-corrected chi connectivity index (χ0v) is 8.35. The topological polar surface area (TPSA) is 29.1 Å². The van der Waals surface area contributed by atoms with Crippen molar-refractivity contribution in [3.05, 3.63) is 34.9 Å². The molecule has 0 saturated heterocycles. The maximum absolute atomic E-state index is 11.4. The molecule has 0 fully saturated rings. The van der Waals surface area contributed by atoms with E-state index in [9.17, 15) is 4.79 Å². The van der Waals surface area contributed by atoms with Gasteiger partial charge in [-0.2, -0.15) is 0 Å². The predicted octanol–water partition coefficient (Wildman–Crippen LogP) is 2.05. The summed E-state index contributed by atoms with van der Waals surface area (Å²) in [6, 6.07) is 5.86. The molecule has 2 nitrogen and oxygen atoms in total. The minimum Gasteiger partial charge on any atom is -0.352 e. The van der Waals surface area contributed by atoms with E-state index in [1.165, 1.54) is 0 Å². The highest BCUT2D eigenvalue weighted by Gasteiger charge is 2.04. The number of hydrogen-bond acceptors (Lipinski definition) is 1. The van der Waals surface area contributed by atoms with Gasteiger partial charge in [0.15, 0.2) is 0 Å². The number of aryl methyl sites for hydroxylation is 2. The number of amides is 1. The van der Waals surface area contributed by atoms with E-state index in [0.29, 0.717) is 6.54 Å². The molecule has 0 aliphatic heterocycles. The fourth-order valence-corrected chi connectivity index (χ4v) is 1.37. The number of nitrogens with one attached hydrogen (secondary N) is 1. The fraction of sp³-hybridized carbons (Fsp3) is 0.364. The normalized spacial score (nSPS) is 9.77. The lowest BCUT2D eigenvalue weighted by molar-refractivity contribution is 0.0955. The monoisotopic (exact) mass is 177 g/mol. The molecule has 0 bridgehead atoms. The van der Waals surface area contributed by atoms with Gasteiger partial charge in [0, 0.05) is 12.1 Å². The first-order valence-corrected chi connectivity index (χ1v) is 4.50. The molecule has 0 aliphatic rings. The molecule has 0 atom stereocenters. The summed E-state index contributed by atoms with van der Waals surface area (Å²) in [5, 5.41) is 2.78. The van der Waals surface area contributed by atoms with Crippen LogP contribution in [0.15, 0.2) is 18.2 Å². The number of hydrogen-bond donors (Lipinski definition) is 1. The van der Waals surface area contributed by atoms with Crippen molar-refractivity contribution >= 4 is 5.91 Å². The maximum atomic E-state index is 11.4. The van der Waals surface area contributed by atoms with Crippen LogP contribution in [-0.4, -0.2) is 12.5 Å². The molecule has 0 aliphatic carbocycles. The molecular formula is C11H15NO. The SMILES string of the molecule is CCNC(=O)c1cc(C)cc(C)c1. The molecule has 1 amide bonds.